The van der Waals surface area contributed by atoms with Crippen molar-refractivity contribution in [2.24, 2.45) is 0 Å². The van der Waals surface area contributed by atoms with Crippen LogP contribution in [0.25, 0.3) is 0 Å². The summed E-state index contributed by atoms with van der Waals surface area (Å²) in [4.78, 5) is 4.30. The van der Waals surface area contributed by atoms with Gasteiger partial charge in [-0.1, -0.05) is 13.3 Å². The van der Waals surface area contributed by atoms with E-state index in [1.54, 1.807) is 12.3 Å². The molecule has 0 radical (unpaired) electrons. The molecular formula is C10H15NO3S. The van der Waals surface area contributed by atoms with Gasteiger partial charge in [-0.2, -0.15) is 0 Å². The highest BCUT2D eigenvalue weighted by atomic mass is 32.2. The fourth-order valence-corrected chi connectivity index (χ4v) is 2.54. The lowest BCUT2D eigenvalue weighted by atomic mass is 10.2. The second kappa shape index (κ2) is 4.61. The molecule has 0 bridgehead atoms. The van der Waals surface area contributed by atoms with E-state index in [1.807, 2.05) is 6.92 Å². The zero-order chi connectivity index (χ0) is 11.5. The molecule has 4 nitrogen and oxygen atoms in total. The van der Waals surface area contributed by atoms with Crippen molar-refractivity contribution in [2.45, 2.75) is 24.7 Å². The number of aryl methyl sites for hydroxylation is 1. The Labute approximate surface area is 90.2 Å². The SMILES string of the molecule is CCCc1nccc(OC)c1S(C)(=O)=O. The van der Waals surface area contributed by atoms with E-state index in [0.717, 1.165) is 6.42 Å². The zero-order valence-electron chi connectivity index (χ0n) is 9.15. The smallest absolute Gasteiger partial charge is 0.180 e. The van der Waals surface area contributed by atoms with Crippen LogP contribution in [0.5, 0.6) is 5.75 Å². The third-order valence-corrected chi connectivity index (χ3v) is 3.20. The first kappa shape index (κ1) is 12.0. The first-order valence-electron chi connectivity index (χ1n) is 4.72. The third kappa shape index (κ3) is 2.68. The first-order valence-corrected chi connectivity index (χ1v) is 6.61. The van der Waals surface area contributed by atoms with Crippen LogP contribution >= 0.6 is 0 Å². The molecule has 1 heterocycles. The van der Waals surface area contributed by atoms with Crippen molar-refractivity contribution < 1.29 is 13.2 Å². The molecule has 0 aromatic carbocycles. The van der Waals surface area contributed by atoms with E-state index in [2.05, 4.69) is 4.98 Å². The van der Waals surface area contributed by atoms with Gasteiger partial charge in [-0.3, -0.25) is 4.98 Å². The van der Waals surface area contributed by atoms with Crippen LogP contribution in [0.2, 0.25) is 0 Å². The molecule has 0 atom stereocenters. The Hall–Kier alpha value is -1.10. The molecule has 0 saturated heterocycles. The summed E-state index contributed by atoms with van der Waals surface area (Å²) < 4.78 is 28.2. The van der Waals surface area contributed by atoms with Crippen molar-refractivity contribution in [3.63, 3.8) is 0 Å². The average Bonchev–Trinajstić information content (AvgIpc) is 2.16. The van der Waals surface area contributed by atoms with Crippen LogP contribution < -0.4 is 4.74 Å². The summed E-state index contributed by atoms with van der Waals surface area (Å²) in [5.41, 5.74) is 0.583. The molecule has 1 rings (SSSR count). The molecule has 5 heteroatoms. The molecule has 0 fully saturated rings. The van der Waals surface area contributed by atoms with Gasteiger partial charge in [0.15, 0.2) is 9.84 Å². The molecule has 0 spiro atoms. The highest BCUT2D eigenvalue weighted by Gasteiger charge is 2.19. The fraction of sp³-hybridized carbons (Fsp3) is 0.500. The number of sulfone groups is 1. The van der Waals surface area contributed by atoms with Gasteiger partial charge in [0.1, 0.15) is 10.6 Å². The number of hydrogen-bond donors (Lipinski definition) is 0. The number of nitrogens with zero attached hydrogens (tertiary/aromatic N) is 1. The van der Waals surface area contributed by atoms with E-state index < -0.39 is 9.84 Å². The van der Waals surface area contributed by atoms with Gasteiger partial charge < -0.3 is 4.74 Å². The molecule has 0 amide bonds. The van der Waals surface area contributed by atoms with E-state index in [4.69, 9.17) is 4.74 Å². The molecule has 84 valence electrons. The van der Waals surface area contributed by atoms with Gasteiger partial charge in [0.25, 0.3) is 0 Å². The van der Waals surface area contributed by atoms with Crippen LogP contribution in [0.15, 0.2) is 17.2 Å². The summed E-state index contributed by atoms with van der Waals surface area (Å²) in [6.07, 6.45) is 4.23. The normalized spacial score (nSPS) is 11.4. The van der Waals surface area contributed by atoms with Gasteiger partial charge in [0.05, 0.1) is 12.8 Å². The van der Waals surface area contributed by atoms with Crippen LogP contribution in [0.4, 0.5) is 0 Å². The Kier molecular flexibility index (Phi) is 3.68. The zero-order valence-corrected chi connectivity index (χ0v) is 9.97. The molecule has 0 aliphatic rings. The third-order valence-electron chi connectivity index (χ3n) is 2.02. The molecule has 0 N–H and O–H groups in total. The van der Waals surface area contributed by atoms with E-state index >= 15 is 0 Å². The minimum atomic E-state index is -3.29. The summed E-state index contributed by atoms with van der Waals surface area (Å²) in [5.74, 6) is 0.371. The summed E-state index contributed by atoms with van der Waals surface area (Å²) in [6, 6.07) is 1.57. The summed E-state index contributed by atoms with van der Waals surface area (Å²) in [7, 11) is -1.83. The Morgan fingerprint density at radius 2 is 2.13 bits per heavy atom. The van der Waals surface area contributed by atoms with Crippen LogP contribution in [0.1, 0.15) is 19.0 Å². The number of rotatable bonds is 4. The molecule has 0 aliphatic carbocycles. The van der Waals surface area contributed by atoms with Gasteiger partial charge in [-0.05, 0) is 12.5 Å². The van der Waals surface area contributed by atoms with Crippen LogP contribution in [0, 0.1) is 0 Å². The Balaban J connectivity index is 3.41. The summed E-state index contributed by atoms with van der Waals surface area (Å²) >= 11 is 0. The number of ether oxygens (including phenoxy) is 1. The number of pyridine rings is 1. The van der Waals surface area contributed by atoms with E-state index in [1.165, 1.54) is 13.4 Å². The van der Waals surface area contributed by atoms with Crippen molar-refractivity contribution >= 4 is 9.84 Å². The second-order valence-electron chi connectivity index (χ2n) is 3.31. The van der Waals surface area contributed by atoms with Crippen LogP contribution in [-0.4, -0.2) is 26.8 Å². The van der Waals surface area contributed by atoms with Gasteiger partial charge in [0, 0.05) is 12.5 Å². The summed E-state index contributed by atoms with van der Waals surface area (Å²) in [6.45, 7) is 1.98. The van der Waals surface area contributed by atoms with Crippen LogP contribution in [-0.2, 0) is 16.3 Å². The maximum atomic E-state index is 11.6. The molecule has 1 aromatic rings. The quantitative estimate of drug-likeness (QED) is 0.784. The maximum absolute atomic E-state index is 11.6. The predicted molar refractivity (Wildman–Crippen MR) is 57.9 cm³/mol. The van der Waals surface area contributed by atoms with E-state index in [9.17, 15) is 8.42 Å². The van der Waals surface area contributed by atoms with E-state index in [-0.39, 0.29) is 4.90 Å². The predicted octanol–water partition coefficient (Wildman–Crippen LogP) is 1.45. The molecule has 0 unspecified atom stereocenters. The minimum absolute atomic E-state index is 0.217. The lowest BCUT2D eigenvalue weighted by molar-refractivity contribution is 0.400. The van der Waals surface area contributed by atoms with E-state index in [0.29, 0.717) is 17.9 Å². The minimum Gasteiger partial charge on any atom is -0.495 e. The molecule has 0 saturated carbocycles. The van der Waals surface area contributed by atoms with Gasteiger partial charge in [0.2, 0.25) is 0 Å². The van der Waals surface area contributed by atoms with Gasteiger partial charge in [-0.15, -0.1) is 0 Å². The number of aromatic nitrogens is 1. The Morgan fingerprint density at radius 3 is 2.60 bits per heavy atom. The Bertz CT molecular complexity index is 440. The molecular weight excluding hydrogens is 214 g/mol. The lowest BCUT2D eigenvalue weighted by Gasteiger charge is -2.10. The van der Waals surface area contributed by atoms with Gasteiger partial charge >= 0.3 is 0 Å². The first-order chi connectivity index (χ1) is 7.00. The van der Waals surface area contributed by atoms with Crippen molar-refractivity contribution in [3.05, 3.63) is 18.0 Å². The average molecular weight is 229 g/mol. The standard InChI is InChI=1S/C10H15NO3S/c1-4-5-8-10(15(3,12)13)9(14-2)6-7-11-8/h6-7H,4-5H2,1-3H3. The lowest BCUT2D eigenvalue weighted by Crippen LogP contribution is -2.07. The number of methoxy groups -OCH3 is 1. The highest BCUT2D eigenvalue weighted by Crippen LogP contribution is 2.26. The fourth-order valence-electron chi connectivity index (χ4n) is 1.44. The largest absolute Gasteiger partial charge is 0.495 e. The molecule has 1 aromatic heterocycles. The monoisotopic (exact) mass is 229 g/mol. The Morgan fingerprint density at radius 1 is 1.47 bits per heavy atom. The summed E-state index contributed by atoms with van der Waals surface area (Å²) in [5, 5.41) is 0. The van der Waals surface area contributed by atoms with Crippen molar-refractivity contribution in [1.29, 1.82) is 0 Å². The highest BCUT2D eigenvalue weighted by molar-refractivity contribution is 7.90. The number of hydrogen-bond acceptors (Lipinski definition) is 4. The molecule has 15 heavy (non-hydrogen) atoms. The topological polar surface area (TPSA) is 56.3 Å². The van der Waals surface area contributed by atoms with Crippen molar-refractivity contribution in [2.75, 3.05) is 13.4 Å². The molecule has 0 aliphatic heterocycles. The van der Waals surface area contributed by atoms with Crippen LogP contribution in [0.3, 0.4) is 0 Å². The second-order valence-corrected chi connectivity index (χ2v) is 5.26. The van der Waals surface area contributed by atoms with Gasteiger partial charge in [-0.25, -0.2) is 8.42 Å². The van der Waals surface area contributed by atoms with Crippen molar-refractivity contribution in [3.8, 4) is 5.75 Å². The van der Waals surface area contributed by atoms with Crippen molar-refractivity contribution in [1.82, 2.24) is 4.98 Å². The maximum Gasteiger partial charge on any atom is 0.180 e.